The number of aldehydes is 1. The Morgan fingerprint density at radius 2 is 1.95 bits per heavy atom. The van der Waals surface area contributed by atoms with Gasteiger partial charge in [-0.2, -0.15) is 13.2 Å². The maximum Gasteiger partial charge on any atom is 0.417 e. The van der Waals surface area contributed by atoms with Crippen LogP contribution in [0.5, 0.6) is 0 Å². The summed E-state index contributed by atoms with van der Waals surface area (Å²) in [6.07, 6.45) is -4.87. The van der Waals surface area contributed by atoms with Gasteiger partial charge in [0.1, 0.15) is 11.4 Å². The minimum atomic E-state index is -4.72. The highest BCUT2D eigenvalue weighted by Gasteiger charge is 2.35. The van der Waals surface area contributed by atoms with Crippen molar-refractivity contribution in [3.05, 3.63) is 23.4 Å². The van der Waals surface area contributed by atoms with Crippen LogP contribution in [-0.4, -0.2) is 23.0 Å². The molecule has 1 heterocycles. The van der Waals surface area contributed by atoms with E-state index in [1.54, 1.807) is 20.8 Å². The number of carbonyl (C=O) groups excluding carboxylic acids is 2. The summed E-state index contributed by atoms with van der Waals surface area (Å²) in [5, 5.41) is 2.03. The first-order chi connectivity index (χ1) is 9.04. The summed E-state index contributed by atoms with van der Waals surface area (Å²) in [6, 6.07) is 0.657. The molecule has 0 fully saturated rings. The molecule has 1 aromatic heterocycles. The number of hydrogen-bond donors (Lipinski definition) is 1. The molecule has 1 N–H and O–H groups in total. The lowest BCUT2D eigenvalue weighted by atomic mass is 10.1. The second kappa shape index (κ2) is 5.48. The average Bonchev–Trinajstić information content (AvgIpc) is 2.24. The lowest BCUT2D eigenvalue weighted by Gasteiger charge is -2.20. The Hall–Kier alpha value is -2.12. The van der Waals surface area contributed by atoms with Gasteiger partial charge < -0.3 is 4.74 Å². The fourth-order valence-corrected chi connectivity index (χ4v) is 1.34. The number of anilines is 1. The highest BCUT2D eigenvalue weighted by Crippen LogP contribution is 2.33. The highest BCUT2D eigenvalue weighted by molar-refractivity contribution is 5.92. The first kappa shape index (κ1) is 15.9. The minimum absolute atomic E-state index is 0.0114. The van der Waals surface area contributed by atoms with Crippen molar-refractivity contribution in [3.63, 3.8) is 0 Å². The number of amides is 1. The number of ether oxygens (including phenoxy) is 1. The Morgan fingerprint density at radius 3 is 2.40 bits per heavy atom. The normalized spacial score (nSPS) is 11.9. The zero-order valence-corrected chi connectivity index (χ0v) is 11.0. The minimum Gasteiger partial charge on any atom is -0.444 e. The van der Waals surface area contributed by atoms with Crippen LogP contribution in [-0.2, 0) is 10.9 Å². The van der Waals surface area contributed by atoms with Gasteiger partial charge in [0.2, 0.25) is 0 Å². The van der Waals surface area contributed by atoms with Gasteiger partial charge in [0.05, 0.1) is 11.1 Å². The number of aromatic nitrogens is 1. The largest absolute Gasteiger partial charge is 0.444 e. The first-order valence-corrected chi connectivity index (χ1v) is 5.56. The van der Waals surface area contributed by atoms with Crippen molar-refractivity contribution in [1.82, 2.24) is 4.98 Å². The number of nitrogens with zero attached hydrogens (tertiary/aromatic N) is 1. The third-order valence-corrected chi connectivity index (χ3v) is 2.03. The van der Waals surface area contributed by atoms with Gasteiger partial charge >= 0.3 is 12.3 Å². The van der Waals surface area contributed by atoms with Gasteiger partial charge in [0.15, 0.2) is 6.29 Å². The third-order valence-electron chi connectivity index (χ3n) is 2.03. The molecule has 0 bridgehead atoms. The maximum absolute atomic E-state index is 12.7. The summed E-state index contributed by atoms with van der Waals surface area (Å²) >= 11 is 0. The van der Waals surface area contributed by atoms with E-state index in [0.717, 1.165) is 6.20 Å². The predicted octanol–water partition coefficient (Wildman–Crippen LogP) is 3.26. The molecule has 0 aromatic carbocycles. The van der Waals surface area contributed by atoms with E-state index in [1.165, 1.54) is 0 Å². The molecule has 1 aromatic rings. The van der Waals surface area contributed by atoms with Gasteiger partial charge in [-0.3, -0.25) is 10.1 Å². The Balaban J connectivity index is 3.08. The van der Waals surface area contributed by atoms with Crippen LogP contribution in [0.3, 0.4) is 0 Å². The van der Waals surface area contributed by atoms with E-state index in [4.69, 9.17) is 4.74 Å². The van der Waals surface area contributed by atoms with Crippen molar-refractivity contribution in [2.45, 2.75) is 32.5 Å². The molecule has 8 heteroatoms. The molecular formula is C12H13F3N2O3. The van der Waals surface area contributed by atoms with Crippen molar-refractivity contribution in [2.75, 3.05) is 5.32 Å². The van der Waals surface area contributed by atoms with E-state index in [-0.39, 0.29) is 6.29 Å². The summed E-state index contributed by atoms with van der Waals surface area (Å²) in [4.78, 5) is 25.9. The van der Waals surface area contributed by atoms with E-state index in [9.17, 15) is 22.8 Å². The van der Waals surface area contributed by atoms with Crippen molar-refractivity contribution in [2.24, 2.45) is 0 Å². The molecule has 0 atom stereocenters. The number of alkyl halides is 3. The number of carbonyl (C=O) groups is 2. The molecule has 110 valence electrons. The molecule has 1 rings (SSSR count). The van der Waals surface area contributed by atoms with Crippen LogP contribution in [0.2, 0.25) is 0 Å². The lowest BCUT2D eigenvalue weighted by molar-refractivity contribution is -0.137. The number of rotatable bonds is 2. The summed E-state index contributed by atoms with van der Waals surface area (Å²) in [5.74, 6) is -0.496. The standard InChI is InChI=1S/C12H13F3N2O3/c1-11(2,3)20-10(19)17-9-7(6-18)8(4-5-16-9)12(13,14)15/h4-6H,1-3H3,(H,16,17,19). The summed E-state index contributed by atoms with van der Waals surface area (Å²) in [6.45, 7) is 4.77. The van der Waals surface area contributed by atoms with Crippen LogP contribution in [0.25, 0.3) is 0 Å². The molecule has 5 nitrogen and oxygen atoms in total. The fraction of sp³-hybridized carbons (Fsp3) is 0.417. The van der Waals surface area contributed by atoms with E-state index < -0.39 is 34.8 Å². The predicted molar refractivity (Wildman–Crippen MR) is 64.5 cm³/mol. The fourth-order valence-electron chi connectivity index (χ4n) is 1.34. The second-order valence-corrected chi connectivity index (χ2v) is 4.86. The van der Waals surface area contributed by atoms with E-state index in [0.29, 0.717) is 6.07 Å². The highest BCUT2D eigenvalue weighted by atomic mass is 19.4. The van der Waals surface area contributed by atoms with Gasteiger partial charge in [-0.05, 0) is 26.8 Å². The van der Waals surface area contributed by atoms with E-state index in [1.807, 2.05) is 5.32 Å². The van der Waals surface area contributed by atoms with Crippen molar-refractivity contribution in [3.8, 4) is 0 Å². The topological polar surface area (TPSA) is 68.3 Å². The smallest absolute Gasteiger partial charge is 0.417 e. The Kier molecular flexibility index (Phi) is 4.36. The maximum atomic E-state index is 12.7. The number of halogens is 3. The molecule has 1 amide bonds. The van der Waals surface area contributed by atoms with E-state index in [2.05, 4.69) is 4.98 Å². The van der Waals surface area contributed by atoms with E-state index >= 15 is 0 Å². The molecule has 0 spiro atoms. The monoisotopic (exact) mass is 290 g/mol. The van der Waals surface area contributed by atoms with Crippen LogP contribution >= 0.6 is 0 Å². The summed E-state index contributed by atoms with van der Waals surface area (Å²) in [7, 11) is 0. The summed E-state index contributed by atoms with van der Waals surface area (Å²) < 4.78 is 43.0. The van der Waals surface area contributed by atoms with Crippen molar-refractivity contribution >= 4 is 18.2 Å². The molecule has 0 radical (unpaired) electrons. The Bertz CT molecular complexity index is 522. The van der Waals surface area contributed by atoms with Gasteiger partial charge in [0.25, 0.3) is 0 Å². The SMILES string of the molecule is CC(C)(C)OC(=O)Nc1nccc(C(F)(F)F)c1C=O. The van der Waals surface area contributed by atoms with Gasteiger partial charge in [-0.25, -0.2) is 9.78 Å². The average molecular weight is 290 g/mol. The zero-order chi connectivity index (χ0) is 15.6. The van der Waals surface area contributed by atoms with Gasteiger partial charge in [-0.1, -0.05) is 0 Å². The molecule has 0 unspecified atom stereocenters. The second-order valence-electron chi connectivity index (χ2n) is 4.86. The number of hydrogen-bond acceptors (Lipinski definition) is 4. The lowest BCUT2D eigenvalue weighted by Crippen LogP contribution is -2.28. The molecule has 0 saturated carbocycles. The van der Waals surface area contributed by atoms with Gasteiger partial charge in [0, 0.05) is 6.20 Å². The van der Waals surface area contributed by atoms with Crippen LogP contribution in [0.4, 0.5) is 23.8 Å². The van der Waals surface area contributed by atoms with Crippen LogP contribution < -0.4 is 5.32 Å². The molecule has 0 saturated heterocycles. The van der Waals surface area contributed by atoms with Crippen molar-refractivity contribution in [1.29, 1.82) is 0 Å². The zero-order valence-electron chi connectivity index (χ0n) is 11.0. The molecular weight excluding hydrogens is 277 g/mol. The third kappa shape index (κ3) is 4.22. The van der Waals surface area contributed by atoms with Gasteiger partial charge in [-0.15, -0.1) is 0 Å². The molecule has 0 aliphatic carbocycles. The van der Waals surface area contributed by atoms with Crippen LogP contribution in [0, 0.1) is 0 Å². The number of pyridine rings is 1. The molecule has 0 aliphatic heterocycles. The Morgan fingerprint density at radius 1 is 1.35 bits per heavy atom. The van der Waals surface area contributed by atoms with Crippen molar-refractivity contribution < 1.29 is 27.5 Å². The first-order valence-electron chi connectivity index (χ1n) is 5.56. The number of nitrogens with one attached hydrogen (secondary N) is 1. The Labute approximate surface area is 113 Å². The quantitative estimate of drug-likeness (QED) is 0.849. The van der Waals surface area contributed by atoms with Crippen LogP contribution in [0.1, 0.15) is 36.7 Å². The van der Waals surface area contributed by atoms with Crippen LogP contribution in [0.15, 0.2) is 12.3 Å². The molecule has 20 heavy (non-hydrogen) atoms. The summed E-state index contributed by atoms with van der Waals surface area (Å²) in [5.41, 5.74) is -2.74. The molecule has 0 aliphatic rings.